The number of halogens is 1. The van der Waals surface area contributed by atoms with Crippen LogP contribution in [0.5, 0.6) is 0 Å². The second-order valence-electron chi connectivity index (χ2n) is 7.01. The normalized spacial score (nSPS) is 13.5. The summed E-state index contributed by atoms with van der Waals surface area (Å²) in [6.07, 6.45) is 0.942. The first-order valence-corrected chi connectivity index (χ1v) is 9.64. The average Bonchev–Trinajstić information content (AvgIpc) is 3.04. The maximum Gasteiger partial charge on any atom is 0.258 e. The standard InChI is InChI=1S/C22H22FN3O4/c1-14-7-8-15(13-18(14)25-22(30)16-5-2-3-6-17(16)23)21(29)24-11-4-12-26-19(27)9-10-20(26)28/h2-3,5-8,13H,4,9-12H2,1H3,(H,24,29)(H,25,30). The second kappa shape index (κ2) is 9.30. The highest BCUT2D eigenvalue weighted by molar-refractivity contribution is 6.05. The molecule has 0 unspecified atom stereocenters. The average molecular weight is 411 g/mol. The summed E-state index contributed by atoms with van der Waals surface area (Å²) in [6.45, 7) is 2.33. The molecule has 0 spiro atoms. The molecule has 0 atom stereocenters. The van der Waals surface area contributed by atoms with Crippen LogP contribution in [-0.4, -0.2) is 41.6 Å². The van der Waals surface area contributed by atoms with Crippen LogP contribution in [0.4, 0.5) is 10.1 Å². The summed E-state index contributed by atoms with van der Waals surface area (Å²) in [4.78, 5) is 49.1. The maximum absolute atomic E-state index is 13.8. The van der Waals surface area contributed by atoms with Crippen LogP contribution in [0, 0.1) is 12.7 Å². The van der Waals surface area contributed by atoms with Gasteiger partial charge in [0.25, 0.3) is 11.8 Å². The molecule has 4 amide bonds. The molecule has 1 aliphatic heterocycles. The summed E-state index contributed by atoms with van der Waals surface area (Å²) in [5, 5.41) is 5.37. The molecule has 1 aliphatic rings. The van der Waals surface area contributed by atoms with Gasteiger partial charge in [-0.25, -0.2) is 4.39 Å². The summed E-state index contributed by atoms with van der Waals surface area (Å²) in [5.41, 5.74) is 1.38. The van der Waals surface area contributed by atoms with E-state index in [1.807, 2.05) is 0 Å². The zero-order valence-corrected chi connectivity index (χ0v) is 16.5. The minimum absolute atomic E-state index is 0.0854. The molecule has 30 heavy (non-hydrogen) atoms. The third-order valence-corrected chi connectivity index (χ3v) is 4.87. The van der Waals surface area contributed by atoms with Crippen molar-refractivity contribution in [3.05, 3.63) is 65.0 Å². The molecule has 1 saturated heterocycles. The Hall–Kier alpha value is -3.55. The Labute approximate surface area is 173 Å². The monoisotopic (exact) mass is 411 g/mol. The van der Waals surface area contributed by atoms with Gasteiger partial charge in [0.2, 0.25) is 11.8 Å². The van der Waals surface area contributed by atoms with Gasteiger partial charge >= 0.3 is 0 Å². The highest BCUT2D eigenvalue weighted by Gasteiger charge is 2.27. The first-order valence-electron chi connectivity index (χ1n) is 9.64. The van der Waals surface area contributed by atoms with Crippen molar-refractivity contribution in [3.63, 3.8) is 0 Å². The Morgan fingerprint density at radius 1 is 1.03 bits per heavy atom. The summed E-state index contributed by atoms with van der Waals surface area (Å²) >= 11 is 0. The number of imide groups is 1. The Morgan fingerprint density at radius 2 is 1.73 bits per heavy atom. The van der Waals surface area contributed by atoms with Crippen molar-refractivity contribution in [1.82, 2.24) is 10.2 Å². The number of anilines is 1. The molecule has 2 aromatic rings. The van der Waals surface area contributed by atoms with Crippen molar-refractivity contribution in [3.8, 4) is 0 Å². The number of aryl methyl sites for hydroxylation is 1. The molecular weight excluding hydrogens is 389 g/mol. The molecule has 1 heterocycles. The van der Waals surface area contributed by atoms with Gasteiger partial charge in [0.1, 0.15) is 5.82 Å². The number of amides is 4. The Balaban J connectivity index is 1.58. The summed E-state index contributed by atoms with van der Waals surface area (Å²) in [6, 6.07) is 10.5. The number of hydrogen-bond donors (Lipinski definition) is 2. The summed E-state index contributed by atoms with van der Waals surface area (Å²) in [7, 11) is 0. The topological polar surface area (TPSA) is 95.6 Å². The van der Waals surface area contributed by atoms with E-state index in [0.29, 0.717) is 24.2 Å². The Kier molecular flexibility index (Phi) is 6.56. The van der Waals surface area contributed by atoms with Crippen LogP contribution in [0.15, 0.2) is 42.5 Å². The van der Waals surface area contributed by atoms with Gasteiger partial charge in [0.05, 0.1) is 5.56 Å². The van der Waals surface area contributed by atoms with Crippen LogP contribution < -0.4 is 10.6 Å². The fraction of sp³-hybridized carbons (Fsp3) is 0.273. The molecule has 2 N–H and O–H groups in total. The zero-order valence-electron chi connectivity index (χ0n) is 16.5. The van der Waals surface area contributed by atoms with Crippen LogP contribution in [0.3, 0.4) is 0 Å². The number of carbonyl (C=O) groups excluding carboxylic acids is 4. The fourth-order valence-electron chi connectivity index (χ4n) is 3.15. The number of hydrogen-bond acceptors (Lipinski definition) is 4. The molecule has 0 aliphatic carbocycles. The lowest BCUT2D eigenvalue weighted by Gasteiger charge is -2.14. The predicted molar refractivity (Wildman–Crippen MR) is 108 cm³/mol. The van der Waals surface area contributed by atoms with E-state index in [0.717, 1.165) is 5.56 Å². The predicted octanol–water partition coefficient (Wildman–Crippen LogP) is 2.66. The highest BCUT2D eigenvalue weighted by Crippen LogP contribution is 2.19. The molecule has 0 radical (unpaired) electrons. The van der Waals surface area contributed by atoms with Gasteiger partial charge in [0, 0.05) is 37.2 Å². The molecular formula is C22H22FN3O4. The number of nitrogens with one attached hydrogen (secondary N) is 2. The smallest absolute Gasteiger partial charge is 0.258 e. The van der Waals surface area contributed by atoms with Gasteiger partial charge in [0.15, 0.2) is 0 Å². The maximum atomic E-state index is 13.8. The van der Waals surface area contributed by atoms with E-state index in [1.165, 1.54) is 29.2 Å². The van der Waals surface area contributed by atoms with Gasteiger partial charge in [-0.3, -0.25) is 24.1 Å². The first-order chi connectivity index (χ1) is 14.4. The van der Waals surface area contributed by atoms with E-state index in [9.17, 15) is 23.6 Å². The molecule has 0 saturated carbocycles. The molecule has 3 rings (SSSR count). The van der Waals surface area contributed by atoms with Crippen molar-refractivity contribution in [2.24, 2.45) is 0 Å². The summed E-state index contributed by atoms with van der Waals surface area (Å²) in [5.74, 6) is -1.94. The lowest BCUT2D eigenvalue weighted by Crippen LogP contribution is -2.33. The van der Waals surface area contributed by atoms with Gasteiger partial charge in [-0.15, -0.1) is 0 Å². The molecule has 156 valence electrons. The van der Waals surface area contributed by atoms with E-state index in [4.69, 9.17) is 0 Å². The van der Waals surface area contributed by atoms with Gasteiger partial charge < -0.3 is 10.6 Å². The SMILES string of the molecule is Cc1ccc(C(=O)NCCCN2C(=O)CCC2=O)cc1NC(=O)c1ccccc1F. The zero-order chi connectivity index (χ0) is 21.7. The minimum atomic E-state index is -0.628. The van der Waals surface area contributed by atoms with E-state index >= 15 is 0 Å². The fourth-order valence-corrected chi connectivity index (χ4v) is 3.15. The van der Waals surface area contributed by atoms with Crippen molar-refractivity contribution in [2.45, 2.75) is 26.2 Å². The molecule has 8 heteroatoms. The van der Waals surface area contributed by atoms with Crippen molar-refractivity contribution >= 4 is 29.3 Å². The van der Waals surface area contributed by atoms with Crippen molar-refractivity contribution in [2.75, 3.05) is 18.4 Å². The van der Waals surface area contributed by atoms with Crippen LogP contribution in [0.2, 0.25) is 0 Å². The minimum Gasteiger partial charge on any atom is -0.352 e. The van der Waals surface area contributed by atoms with Crippen LogP contribution >= 0.6 is 0 Å². The van der Waals surface area contributed by atoms with Crippen LogP contribution in [0.25, 0.3) is 0 Å². The van der Waals surface area contributed by atoms with E-state index in [2.05, 4.69) is 10.6 Å². The van der Waals surface area contributed by atoms with Crippen LogP contribution in [-0.2, 0) is 9.59 Å². The first kappa shape index (κ1) is 21.2. The highest BCUT2D eigenvalue weighted by atomic mass is 19.1. The lowest BCUT2D eigenvalue weighted by molar-refractivity contribution is -0.138. The van der Waals surface area contributed by atoms with Crippen molar-refractivity contribution in [1.29, 1.82) is 0 Å². The number of benzene rings is 2. The van der Waals surface area contributed by atoms with E-state index < -0.39 is 11.7 Å². The van der Waals surface area contributed by atoms with Gasteiger partial charge in [-0.1, -0.05) is 18.2 Å². The third kappa shape index (κ3) is 4.89. The molecule has 1 fully saturated rings. The molecule has 0 bridgehead atoms. The largest absolute Gasteiger partial charge is 0.352 e. The second-order valence-corrected chi connectivity index (χ2v) is 7.01. The third-order valence-electron chi connectivity index (χ3n) is 4.87. The quantitative estimate of drug-likeness (QED) is 0.541. The number of rotatable bonds is 7. The molecule has 0 aromatic heterocycles. The summed E-state index contributed by atoms with van der Waals surface area (Å²) < 4.78 is 13.8. The van der Waals surface area contributed by atoms with Gasteiger partial charge in [-0.2, -0.15) is 0 Å². The van der Waals surface area contributed by atoms with E-state index in [1.54, 1.807) is 25.1 Å². The number of likely N-dealkylation sites (tertiary alicyclic amines) is 1. The van der Waals surface area contributed by atoms with E-state index in [-0.39, 0.29) is 42.7 Å². The lowest BCUT2D eigenvalue weighted by atomic mass is 10.1. The van der Waals surface area contributed by atoms with Crippen LogP contribution in [0.1, 0.15) is 45.5 Å². The number of nitrogens with zero attached hydrogens (tertiary/aromatic N) is 1. The Morgan fingerprint density at radius 3 is 2.43 bits per heavy atom. The Bertz CT molecular complexity index is 990. The molecule has 7 nitrogen and oxygen atoms in total. The van der Waals surface area contributed by atoms with Gasteiger partial charge in [-0.05, 0) is 43.2 Å². The number of carbonyl (C=O) groups is 4. The van der Waals surface area contributed by atoms with Crippen molar-refractivity contribution < 1.29 is 23.6 Å². The molecule has 2 aromatic carbocycles.